The number of aromatic nitrogens is 1. The molecule has 0 aliphatic carbocycles. The quantitative estimate of drug-likeness (QED) is 0.363. The molecule has 1 unspecified atom stereocenters. The molecule has 4 aromatic rings. The van der Waals surface area contributed by atoms with Gasteiger partial charge in [0.05, 0.1) is 23.4 Å². The summed E-state index contributed by atoms with van der Waals surface area (Å²) in [6.45, 7) is 4.04. The van der Waals surface area contributed by atoms with Crippen LogP contribution in [-0.4, -0.2) is 60.9 Å². The smallest absolute Gasteiger partial charge is 0.186 e. The highest BCUT2D eigenvalue weighted by atomic mass is 32.1. The molecule has 32 heavy (non-hydrogen) atoms. The fourth-order valence-corrected chi connectivity index (χ4v) is 6.14. The Morgan fingerprint density at radius 3 is 2.84 bits per heavy atom. The normalized spacial score (nSPS) is 16.7. The molecule has 3 heterocycles. The Hall–Kier alpha value is -2.03. The minimum Gasteiger partial charge on any atom is -0.386 e. The summed E-state index contributed by atoms with van der Waals surface area (Å²) in [5.74, 6) is 0. The third-order valence-electron chi connectivity index (χ3n) is 6.38. The Labute approximate surface area is 196 Å². The molecule has 2 aromatic carbocycles. The number of ether oxygens (including phenoxy) is 1. The van der Waals surface area contributed by atoms with E-state index in [1.165, 1.54) is 14.8 Å². The summed E-state index contributed by atoms with van der Waals surface area (Å²) in [5.41, 5.74) is 2.01. The molecule has 168 valence electrons. The number of aliphatic hydroxyl groups excluding tert-OH is 1. The van der Waals surface area contributed by atoms with E-state index < -0.39 is 6.10 Å². The highest BCUT2D eigenvalue weighted by Crippen LogP contribution is 2.31. The topological polar surface area (TPSA) is 48.8 Å². The highest BCUT2D eigenvalue weighted by molar-refractivity contribution is 7.22. The van der Waals surface area contributed by atoms with Crippen LogP contribution >= 0.6 is 22.7 Å². The molecule has 1 N–H and O–H groups in total. The van der Waals surface area contributed by atoms with Gasteiger partial charge in [-0.1, -0.05) is 29.5 Å². The molecule has 1 atom stereocenters. The molecule has 0 saturated carbocycles. The molecule has 5 rings (SSSR count). The maximum absolute atomic E-state index is 10.5. The van der Waals surface area contributed by atoms with Crippen molar-refractivity contribution in [1.29, 1.82) is 0 Å². The minimum absolute atomic E-state index is 0.340. The van der Waals surface area contributed by atoms with E-state index >= 15 is 0 Å². The van der Waals surface area contributed by atoms with Gasteiger partial charge in [0.1, 0.15) is 6.10 Å². The van der Waals surface area contributed by atoms with Gasteiger partial charge in [-0.2, -0.15) is 0 Å². The van der Waals surface area contributed by atoms with Gasteiger partial charge in [0.15, 0.2) is 5.13 Å². The summed E-state index contributed by atoms with van der Waals surface area (Å²) in [5, 5.41) is 14.8. The van der Waals surface area contributed by atoms with E-state index in [0.717, 1.165) is 48.7 Å². The van der Waals surface area contributed by atoms with Crippen molar-refractivity contribution in [1.82, 2.24) is 9.88 Å². The first kappa shape index (κ1) is 21.8. The molecular weight excluding hydrogens is 438 g/mol. The number of thiazole rings is 1. The third kappa shape index (κ3) is 4.82. The summed E-state index contributed by atoms with van der Waals surface area (Å²) in [6, 6.07) is 17.1. The molecule has 1 aliphatic heterocycles. The maximum atomic E-state index is 10.5. The van der Waals surface area contributed by atoms with Crippen molar-refractivity contribution in [2.24, 2.45) is 0 Å². The second kappa shape index (κ2) is 9.85. The molecule has 2 aromatic heterocycles. The van der Waals surface area contributed by atoms with E-state index in [1.54, 1.807) is 22.7 Å². The Balaban J connectivity index is 1.04. The average Bonchev–Trinajstić information content (AvgIpc) is 3.48. The minimum atomic E-state index is -0.576. The van der Waals surface area contributed by atoms with E-state index in [4.69, 9.17) is 9.72 Å². The molecule has 1 aliphatic rings. The van der Waals surface area contributed by atoms with Gasteiger partial charge in [0.2, 0.25) is 0 Å². The number of rotatable bonds is 8. The van der Waals surface area contributed by atoms with E-state index in [0.29, 0.717) is 19.3 Å². The van der Waals surface area contributed by atoms with Crippen LogP contribution in [0.25, 0.3) is 20.3 Å². The van der Waals surface area contributed by atoms with Crippen LogP contribution in [0.2, 0.25) is 0 Å². The summed E-state index contributed by atoms with van der Waals surface area (Å²) in [6.07, 6.45) is 1.69. The standard InChI is InChI=1S/C25H29N3O2S2/c1-27(25-26-21-4-2-3-5-24(21)32-25)20-8-11-28(12-9-20)13-14-30-17-22(29)18-6-7-23-19(16-18)10-15-31-23/h2-7,10,15-16,20,22,29H,8-9,11-14,17H2,1H3. The number of aliphatic hydroxyl groups is 1. The van der Waals surface area contributed by atoms with Crippen LogP contribution < -0.4 is 4.90 Å². The fraction of sp³-hybridized carbons (Fsp3) is 0.400. The second-order valence-corrected chi connectivity index (χ2v) is 10.4. The summed E-state index contributed by atoms with van der Waals surface area (Å²) >= 11 is 3.50. The zero-order valence-corrected chi connectivity index (χ0v) is 19.9. The van der Waals surface area contributed by atoms with Crippen LogP contribution in [0.1, 0.15) is 24.5 Å². The lowest BCUT2D eigenvalue weighted by molar-refractivity contribution is 0.0240. The van der Waals surface area contributed by atoms with Crippen LogP contribution in [0.3, 0.4) is 0 Å². The van der Waals surface area contributed by atoms with Gasteiger partial charge < -0.3 is 19.6 Å². The van der Waals surface area contributed by atoms with Crippen molar-refractivity contribution in [2.75, 3.05) is 44.8 Å². The van der Waals surface area contributed by atoms with Crippen molar-refractivity contribution < 1.29 is 9.84 Å². The number of fused-ring (bicyclic) bond motifs is 2. The van der Waals surface area contributed by atoms with E-state index in [-0.39, 0.29) is 0 Å². The molecule has 5 nitrogen and oxygen atoms in total. The van der Waals surface area contributed by atoms with Gasteiger partial charge >= 0.3 is 0 Å². The van der Waals surface area contributed by atoms with Gasteiger partial charge in [-0.05, 0) is 59.5 Å². The summed E-state index contributed by atoms with van der Waals surface area (Å²) in [7, 11) is 2.18. The number of anilines is 1. The number of hydrogen-bond acceptors (Lipinski definition) is 7. The highest BCUT2D eigenvalue weighted by Gasteiger charge is 2.24. The SMILES string of the molecule is CN(c1nc2ccccc2s1)C1CCN(CCOCC(O)c2ccc3sccc3c2)CC1. The van der Waals surface area contributed by atoms with E-state index in [2.05, 4.69) is 58.6 Å². The lowest BCUT2D eigenvalue weighted by Gasteiger charge is -2.36. The first-order valence-corrected chi connectivity index (χ1v) is 12.9. The Kier molecular flexibility index (Phi) is 6.71. The van der Waals surface area contributed by atoms with Crippen LogP contribution in [-0.2, 0) is 4.74 Å². The number of piperidine rings is 1. The molecule has 1 saturated heterocycles. The largest absolute Gasteiger partial charge is 0.386 e. The van der Waals surface area contributed by atoms with Crippen molar-refractivity contribution >= 4 is 48.1 Å². The van der Waals surface area contributed by atoms with Crippen LogP contribution in [0.4, 0.5) is 5.13 Å². The van der Waals surface area contributed by atoms with Crippen LogP contribution in [0.5, 0.6) is 0 Å². The zero-order valence-electron chi connectivity index (χ0n) is 18.3. The number of nitrogens with zero attached hydrogens (tertiary/aromatic N) is 3. The lowest BCUT2D eigenvalue weighted by atomic mass is 10.0. The van der Waals surface area contributed by atoms with Crippen LogP contribution in [0, 0.1) is 0 Å². The Bertz CT molecular complexity index is 1130. The molecule has 0 bridgehead atoms. The van der Waals surface area contributed by atoms with E-state index in [9.17, 15) is 5.11 Å². The van der Waals surface area contributed by atoms with E-state index in [1.807, 2.05) is 12.1 Å². The predicted molar refractivity (Wildman–Crippen MR) is 135 cm³/mol. The van der Waals surface area contributed by atoms with Gasteiger partial charge in [0.25, 0.3) is 0 Å². The number of hydrogen-bond donors (Lipinski definition) is 1. The van der Waals surface area contributed by atoms with Crippen molar-refractivity contribution in [3.8, 4) is 0 Å². The first-order chi connectivity index (χ1) is 15.7. The maximum Gasteiger partial charge on any atom is 0.186 e. The molecule has 0 amide bonds. The van der Waals surface area contributed by atoms with Crippen LogP contribution in [0.15, 0.2) is 53.9 Å². The Morgan fingerprint density at radius 2 is 2.00 bits per heavy atom. The van der Waals surface area contributed by atoms with Crippen molar-refractivity contribution in [3.05, 3.63) is 59.5 Å². The van der Waals surface area contributed by atoms with Gasteiger partial charge in [-0.25, -0.2) is 4.98 Å². The predicted octanol–water partition coefficient (Wildman–Crippen LogP) is 5.16. The Morgan fingerprint density at radius 1 is 1.16 bits per heavy atom. The molecule has 7 heteroatoms. The molecule has 0 spiro atoms. The van der Waals surface area contributed by atoms with Gasteiger partial charge in [-0.15, -0.1) is 11.3 Å². The van der Waals surface area contributed by atoms with Crippen molar-refractivity contribution in [3.63, 3.8) is 0 Å². The fourth-order valence-electron chi connectivity index (χ4n) is 4.37. The van der Waals surface area contributed by atoms with Crippen molar-refractivity contribution in [2.45, 2.75) is 25.0 Å². The molecule has 1 fully saturated rings. The zero-order chi connectivity index (χ0) is 21.9. The number of para-hydroxylation sites is 1. The summed E-state index contributed by atoms with van der Waals surface area (Å²) < 4.78 is 8.32. The average molecular weight is 468 g/mol. The monoisotopic (exact) mass is 467 g/mol. The second-order valence-electron chi connectivity index (χ2n) is 8.46. The van der Waals surface area contributed by atoms with Gasteiger partial charge in [0, 0.05) is 37.4 Å². The number of thiophene rings is 1. The molecular formula is C25H29N3O2S2. The first-order valence-electron chi connectivity index (χ1n) is 11.2. The van der Waals surface area contributed by atoms with Gasteiger partial charge in [-0.3, -0.25) is 0 Å². The summed E-state index contributed by atoms with van der Waals surface area (Å²) in [4.78, 5) is 9.64. The third-order valence-corrected chi connectivity index (χ3v) is 8.40. The lowest BCUT2D eigenvalue weighted by Crippen LogP contribution is -2.44. The molecule has 0 radical (unpaired) electrons. The number of likely N-dealkylation sites (tertiary alicyclic amines) is 1. The number of benzene rings is 2.